The molecular formula is C25H30N2O6. The van der Waals surface area contributed by atoms with Crippen LogP contribution < -0.4 is 10.6 Å². The molecule has 2 aromatic rings. The molecule has 0 saturated heterocycles. The van der Waals surface area contributed by atoms with Crippen molar-refractivity contribution in [2.75, 3.05) is 13.2 Å². The van der Waals surface area contributed by atoms with Crippen molar-refractivity contribution in [2.45, 2.75) is 45.3 Å². The van der Waals surface area contributed by atoms with Crippen LogP contribution >= 0.6 is 0 Å². The second kappa shape index (κ2) is 10.0. The van der Waals surface area contributed by atoms with Crippen LogP contribution in [0.3, 0.4) is 0 Å². The Morgan fingerprint density at radius 1 is 1.00 bits per heavy atom. The molecule has 2 aromatic carbocycles. The molecule has 4 N–H and O–H groups in total. The molecule has 33 heavy (non-hydrogen) atoms. The predicted molar refractivity (Wildman–Crippen MR) is 123 cm³/mol. The van der Waals surface area contributed by atoms with Crippen LogP contribution in [0.5, 0.6) is 0 Å². The van der Waals surface area contributed by atoms with Crippen LogP contribution in [0.2, 0.25) is 0 Å². The van der Waals surface area contributed by atoms with Gasteiger partial charge in [0.2, 0.25) is 5.91 Å². The van der Waals surface area contributed by atoms with E-state index >= 15 is 0 Å². The van der Waals surface area contributed by atoms with Crippen LogP contribution in [-0.2, 0) is 14.3 Å². The average Bonchev–Trinajstić information content (AvgIpc) is 3.07. The zero-order chi connectivity index (χ0) is 24.2. The summed E-state index contributed by atoms with van der Waals surface area (Å²) in [5.41, 5.74) is 3.77. The van der Waals surface area contributed by atoms with Gasteiger partial charge in [-0.3, -0.25) is 9.59 Å². The number of carbonyl (C=O) groups excluding carboxylic acids is 2. The molecule has 1 aliphatic rings. The number of carboxylic acid groups (broad SMARTS) is 1. The number of alkyl carbamates (subject to hydrolysis) is 1. The maximum atomic E-state index is 12.7. The number of rotatable bonds is 8. The van der Waals surface area contributed by atoms with Gasteiger partial charge in [-0.1, -0.05) is 69.3 Å². The first kappa shape index (κ1) is 24.3. The van der Waals surface area contributed by atoms with Crippen LogP contribution in [-0.4, -0.2) is 53.5 Å². The largest absolute Gasteiger partial charge is 0.481 e. The van der Waals surface area contributed by atoms with Gasteiger partial charge in [-0.2, -0.15) is 0 Å². The van der Waals surface area contributed by atoms with Gasteiger partial charge < -0.3 is 25.6 Å². The fraction of sp³-hybridized carbons (Fsp3) is 0.400. The van der Waals surface area contributed by atoms with Gasteiger partial charge in [0.05, 0.1) is 12.5 Å². The van der Waals surface area contributed by atoms with E-state index in [2.05, 4.69) is 10.6 Å². The standard InChI is InChI=1S/C25H30N2O6/c1-25(2,3)22(23(31)26-13-15(28)12-21(29)30)27-24(32)33-14-20-18-10-6-4-8-16(18)17-9-5-7-11-19(17)20/h4-11,15,20,22,28H,12-14H2,1-3H3,(H,26,31)(H,27,32)(H,29,30)/t15?,22-/m1/s1. The minimum atomic E-state index is -1.22. The Bertz CT molecular complexity index is 984. The van der Waals surface area contributed by atoms with Gasteiger partial charge in [-0.15, -0.1) is 0 Å². The molecule has 0 aromatic heterocycles. The second-order valence-electron chi connectivity index (χ2n) is 9.27. The zero-order valence-electron chi connectivity index (χ0n) is 19.0. The number of fused-ring (bicyclic) bond motifs is 3. The lowest BCUT2D eigenvalue weighted by Crippen LogP contribution is -2.54. The molecular weight excluding hydrogens is 424 g/mol. The number of nitrogens with one attached hydrogen (secondary N) is 2. The number of ether oxygens (including phenoxy) is 1. The molecule has 0 bridgehead atoms. The number of amides is 2. The Balaban J connectivity index is 1.63. The molecule has 0 heterocycles. The maximum absolute atomic E-state index is 12.7. The van der Waals surface area contributed by atoms with Crippen LogP contribution in [0.4, 0.5) is 4.79 Å². The fourth-order valence-electron chi connectivity index (χ4n) is 4.03. The fourth-order valence-corrected chi connectivity index (χ4v) is 4.03. The summed E-state index contributed by atoms with van der Waals surface area (Å²) in [6.45, 7) is 5.25. The normalized spacial score (nSPS) is 14.5. The first-order valence-corrected chi connectivity index (χ1v) is 10.9. The number of carbonyl (C=O) groups is 3. The van der Waals surface area contributed by atoms with Crippen LogP contribution in [0, 0.1) is 5.41 Å². The van der Waals surface area contributed by atoms with Gasteiger partial charge in [-0.25, -0.2) is 4.79 Å². The third-order valence-electron chi connectivity index (χ3n) is 5.66. The SMILES string of the molecule is CC(C)(C)[C@H](NC(=O)OCC1c2ccccc2-c2ccccc21)C(=O)NCC(O)CC(=O)O. The number of aliphatic hydroxyl groups is 1. The monoisotopic (exact) mass is 454 g/mol. The van der Waals surface area contributed by atoms with Crippen molar-refractivity contribution >= 4 is 18.0 Å². The van der Waals surface area contributed by atoms with E-state index in [9.17, 15) is 19.5 Å². The van der Waals surface area contributed by atoms with E-state index in [0.29, 0.717) is 0 Å². The summed E-state index contributed by atoms with van der Waals surface area (Å²) in [5, 5.41) is 23.5. The third kappa shape index (κ3) is 5.90. The van der Waals surface area contributed by atoms with Crippen molar-refractivity contribution in [1.29, 1.82) is 0 Å². The summed E-state index contributed by atoms with van der Waals surface area (Å²) in [6, 6.07) is 15.1. The van der Waals surface area contributed by atoms with E-state index in [-0.39, 0.29) is 19.1 Å². The van der Waals surface area contributed by atoms with Crippen molar-refractivity contribution in [3.8, 4) is 11.1 Å². The van der Waals surface area contributed by atoms with E-state index in [1.54, 1.807) is 20.8 Å². The summed E-state index contributed by atoms with van der Waals surface area (Å²) in [5.74, 6) is -1.79. The maximum Gasteiger partial charge on any atom is 0.407 e. The lowest BCUT2D eigenvalue weighted by Gasteiger charge is -2.30. The molecule has 176 valence electrons. The number of benzene rings is 2. The van der Waals surface area contributed by atoms with E-state index in [1.807, 2.05) is 48.5 Å². The molecule has 1 unspecified atom stereocenters. The van der Waals surface area contributed by atoms with E-state index < -0.39 is 42.0 Å². The Labute approximate surface area is 193 Å². The minimum Gasteiger partial charge on any atom is -0.481 e. The summed E-state index contributed by atoms with van der Waals surface area (Å²) in [7, 11) is 0. The van der Waals surface area contributed by atoms with Gasteiger partial charge in [0.1, 0.15) is 12.6 Å². The highest BCUT2D eigenvalue weighted by molar-refractivity contribution is 5.86. The summed E-state index contributed by atoms with van der Waals surface area (Å²) >= 11 is 0. The predicted octanol–water partition coefficient (Wildman–Crippen LogP) is 2.89. The first-order chi connectivity index (χ1) is 15.6. The van der Waals surface area contributed by atoms with Crippen molar-refractivity contribution in [3.05, 3.63) is 59.7 Å². The number of hydrogen-bond acceptors (Lipinski definition) is 5. The number of carboxylic acids is 1. The summed E-state index contributed by atoms with van der Waals surface area (Å²) < 4.78 is 5.54. The van der Waals surface area contributed by atoms with Crippen molar-refractivity contribution in [1.82, 2.24) is 10.6 Å². The van der Waals surface area contributed by atoms with E-state index in [1.165, 1.54) is 0 Å². The van der Waals surface area contributed by atoms with Gasteiger partial charge >= 0.3 is 12.1 Å². The average molecular weight is 455 g/mol. The van der Waals surface area contributed by atoms with Crippen LogP contribution in [0.1, 0.15) is 44.2 Å². The highest BCUT2D eigenvalue weighted by Crippen LogP contribution is 2.44. The van der Waals surface area contributed by atoms with Crippen molar-refractivity contribution in [2.24, 2.45) is 5.41 Å². The molecule has 2 atom stereocenters. The number of aliphatic carboxylic acids is 1. The molecule has 0 radical (unpaired) electrons. The summed E-state index contributed by atoms with van der Waals surface area (Å²) in [4.78, 5) is 36.0. The molecule has 0 spiro atoms. The number of hydrogen-bond donors (Lipinski definition) is 4. The topological polar surface area (TPSA) is 125 Å². The molecule has 2 amide bonds. The first-order valence-electron chi connectivity index (χ1n) is 10.9. The minimum absolute atomic E-state index is 0.101. The van der Waals surface area contributed by atoms with Gasteiger partial charge in [0, 0.05) is 12.5 Å². The van der Waals surface area contributed by atoms with E-state index in [4.69, 9.17) is 9.84 Å². The summed E-state index contributed by atoms with van der Waals surface area (Å²) in [6.07, 6.45) is -2.43. The van der Waals surface area contributed by atoms with Gasteiger partial charge in [-0.05, 0) is 27.7 Å². The Hall–Kier alpha value is -3.39. The van der Waals surface area contributed by atoms with Gasteiger partial charge in [0.15, 0.2) is 0 Å². The zero-order valence-corrected chi connectivity index (χ0v) is 19.0. The van der Waals surface area contributed by atoms with Crippen molar-refractivity contribution < 1.29 is 29.3 Å². The molecule has 1 aliphatic carbocycles. The Kier molecular flexibility index (Phi) is 7.38. The smallest absolute Gasteiger partial charge is 0.407 e. The van der Waals surface area contributed by atoms with E-state index in [0.717, 1.165) is 22.3 Å². The Morgan fingerprint density at radius 2 is 1.55 bits per heavy atom. The van der Waals surface area contributed by atoms with Gasteiger partial charge in [0.25, 0.3) is 0 Å². The molecule has 3 rings (SSSR count). The molecule has 0 saturated carbocycles. The quantitative estimate of drug-likeness (QED) is 0.486. The highest BCUT2D eigenvalue weighted by atomic mass is 16.5. The molecule has 8 heteroatoms. The second-order valence-corrected chi connectivity index (χ2v) is 9.27. The number of aliphatic hydroxyl groups excluding tert-OH is 1. The molecule has 0 fully saturated rings. The highest BCUT2D eigenvalue weighted by Gasteiger charge is 2.34. The van der Waals surface area contributed by atoms with Crippen LogP contribution in [0.25, 0.3) is 11.1 Å². The lowest BCUT2D eigenvalue weighted by atomic mass is 9.86. The molecule has 8 nitrogen and oxygen atoms in total. The van der Waals surface area contributed by atoms with Crippen LogP contribution in [0.15, 0.2) is 48.5 Å². The lowest BCUT2D eigenvalue weighted by molar-refractivity contribution is -0.139. The van der Waals surface area contributed by atoms with Crippen molar-refractivity contribution in [3.63, 3.8) is 0 Å². The molecule has 0 aliphatic heterocycles. The third-order valence-corrected chi connectivity index (χ3v) is 5.66. The Morgan fingerprint density at radius 3 is 2.06 bits per heavy atom.